The number of nitrogens with one attached hydrogen (secondary N) is 1. The van der Waals surface area contributed by atoms with Crippen LogP contribution in [0.2, 0.25) is 0 Å². The fourth-order valence-electron chi connectivity index (χ4n) is 4.06. The van der Waals surface area contributed by atoms with Crippen LogP contribution in [-0.4, -0.2) is 54.9 Å². The van der Waals surface area contributed by atoms with Crippen molar-refractivity contribution < 1.29 is 38.1 Å². The molecule has 1 aliphatic heterocycles. The highest BCUT2D eigenvalue weighted by Crippen LogP contribution is 2.32. The smallest absolute Gasteiger partial charge is 0.355 e. The van der Waals surface area contributed by atoms with E-state index >= 15 is 0 Å². The van der Waals surface area contributed by atoms with Gasteiger partial charge < -0.3 is 23.9 Å². The van der Waals surface area contributed by atoms with E-state index in [2.05, 4.69) is 4.98 Å². The van der Waals surface area contributed by atoms with Gasteiger partial charge in [-0.05, 0) is 50.6 Å². The monoisotopic (exact) mass is 491 g/mol. The minimum absolute atomic E-state index is 0.0277. The summed E-state index contributed by atoms with van der Waals surface area (Å²) in [5, 5.41) is 0. The van der Waals surface area contributed by atoms with Crippen LogP contribution in [-0.2, 0) is 9.47 Å². The second-order valence-electron chi connectivity index (χ2n) is 8.08. The predicted octanol–water partition coefficient (Wildman–Crippen LogP) is 3.85. The fourth-order valence-corrected chi connectivity index (χ4v) is 4.06. The van der Waals surface area contributed by atoms with E-state index in [1.165, 1.54) is 12.1 Å². The molecule has 9 nitrogen and oxygen atoms in total. The van der Waals surface area contributed by atoms with Gasteiger partial charge >= 0.3 is 11.9 Å². The number of aryl methyl sites for hydroxylation is 1. The van der Waals surface area contributed by atoms with E-state index in [0.29, 0.717) is 41.5 Å². The van der Waals surface area contributed by atoms with Crippen LogP contribution in [0.1, 0.15) is 65.3 Å². The van der Waals surface area contributed by atoms with E-state index in [1.54, 1.807) is 51.1 Å². The molecule has 0 aliphatic carbocycles. The number of ketones is 2. The van der Waals surface area contributed by atoms with Crippen LogP contribution in [0.5, 0.6) is 11.5 Å². The highest BCUT2D eigenvalue weighted by molar-refractivity contribution is 6.15. The summed E-state index contributed by atoms with van der Waals surface area (Å²) >= 11 is 0. The Bertz CT molecular complexity index is 1350. The highest BCUT2D eigenvalue weighted by atomic mass is 16.6. The van der Waals surface area contributed by atoms with Crippen LogP contribution >= 0.6 is 0 Å². The molecule has 0 radical (unpaired) electrons. The number of Topliss-reactive ketones (excluding diaryl/α,β-unsaturated/α-hetero) is 1. The molecule has 3 aromatic rings. The average molecular weight is 491 g/mol. The van der Waals surface area contributed by atoms with Gasteiger partial charge in [-0.2, -0.15) is 0 Å². The van der Waals surface area contributed by atoms with Crippen molar-refractivity contribution in [3.63, 3.8) is 0 Å². The molecule has 2 aromatic carbocycles. The van der Waals surface area contributed by atoms with Crippen molar-refractivity contribution in [3.8, 4) is 11.5 Å². The summed E-state index contributed by atoms with van der Waals surface area (Å²) in [4.78, 5) is 53.9. The molecule has 0 saturated heterocycles. The number of hydrogen-bond acceptors (Lipinski definition) is 8. The number of rotatable bonds is 8. The van der Waals surface area contributed by atoms with Crippen molar-refractivity contribution >= 4 is 23.5 Å². The molecule has 9 heteroatoms. The summed E-state index contributed by atoms with van der Waals surface area (Å²) in [6.45, 7) is 5.39. The van der Waals surface area contributed by atoms with Gasteiger partial charge in [-0.15, -0.1) is 0 Å². The summed E-state index contributed by atoms with van der Waals surface area (Å²) in [6, 6.07) is 11.0. The van der Waals surface area contributed by atoms with E-state index < -0.39 is 30.1 Å². The van der Waals surface area contributed by atoms with E-state index in [0.717, 1.165) is 0 Å². The number of benzene rings is 2. The zero-order chi connectivity index (χ0) is 25.8. The number of esters is 2. The van der Waals surface area contributed by atoms with Crippen molar-refractivity contribution in [2.45, 2.75) is 20.8 Å². The molecule has 0 fully saturated rings. The van der Waals surface area contributed by atoms with Crippen LogP contribution in [0.4, 0.5) is 0 Å². The standard InChI is InChI=1S/C27H25NO8/c1-4-33-27(32)24-15(2)23(16(3)28-24)20(29)14-36-26(31)19-8-6-5-7-18(19)25(30)17-9-10-21-22(13-17)35-12-11-34-21/h5-10,13,28H,4,11-12,14H2,1-3H3. The lowest BCUT2D eigenvalue weighted by Crippen LogP contribution is -2.18. The summed E-state index contributed by atoms with van der Waals surface area (Å²) in [7, 11) is 0. The first-order valence-corrected chi connectivity index (χ1v) is 11.4. The Morgan fingerprint density at radius 2 is 1.58 bits per heavy atom. The average Bonchev–Trinajstić information content (AvgIpc) is 3.20. The van der Waals surface area contributed by atoms with E-state index in [9.17, 15) is 19.2 Å². The van der Waals surface area contributed by atoms with Crippen molar-refractivity contribution in [1.82, 2.24) is 4.98 Å². The Morgan fingerprint density at radius 1 is 0.889 bits per heavy atom. The first-order chi connectivity index (χ1) is 17.3. The van der Waals surface area contributed by atoms with Gasteiger partial charge in [-0.3, -0.25) is 9.59 Å². The Labute approximate surface area is 207 Å². The summed E-state index contributed by atoms with van der Waals surface area (Å²) in [5.41, 5.74) is 1.80. The molecule has 0 atom stereocenters. The molecular weight excluding hydrogens is 466 g/mol. The molecule has 1 N–H and O–H groups in total. The molecule has 0 saturated carbocycles. The number of hydrogen-bond donors (Lipinski definition) is 1. The number of fused-ring (bicyclic) bond motifs is 1. The van der Waals surface area contributed by atoms with Crippen molar-refractivity contribution in [3.05, 3.63) is 81.7 Å². The molecule has 0 amide bonds. The van der Waals surface area contributed by atoms with Crippen molar-refractivity contribution in [2.24, 2.45) is 0 Å². The number of H-pyrrole nitrogens is 1. The molecule has 2 heterocycles. The highest BCUT2D eigenvalue weighted by Gasteiger charge is 2.25. The second kappa shape index (κ2) is 10.5. The van der Waals surface area contributed by atoms with Crippen molar-refractivity contribution in [1.29, 1.82) is 0 Å². The van der Waals surface area contributed by atoms with Gasteiger partial charge in [0.1, 0.15) is 18.9 Å². The lowest BCUT2D eigenvalue weighted by atomic mass is 9.98. The van der Waals surface area contributed by atoms with Crippen molar-refractivity contribution in [2.75, 3.05) is 26.4 Å². The normalized spacial score (nSPS) is 12.1. The summed E-state index contributed by atoms with van der Waals surface area (Å²) in [6.07, 6.45) is 0. The van der Waals surface area contributed by atoms with Gasteiger partial charge in [0.2, 0.25) is 5.78 Å². The van der Waals surface area contributed by atoms with Crippen LogP contribution in [0.25, 0.3) is 0 Å². The van der Waals surface area contributed by atoms with Crippen LogP contribution in [0.15, 0.2) is 42.5 Å². The number of aromatic nitrogens is 1. The molecule has 36 heavy (non-hydrogen) atoms. The molecular formula is C27H25NO8. The zero-order valence-corrected chi connectivity index (χ0v) is 20.1. The van der Waals surface area contributed by atoms with Gasteiger partial charge in [0.25, 0.3) is 0 Å². The third-order valence-electron chi connectivity index (χ3n) is 5.73. The van der Waals surface area contributed by atoms with E-state index in [-0.39, 0.29) is 29.0 Å². The SMILES string of the molecule is CCOC(=O)c1[nH]c(C)c(C(=O)COC(=O)c2ccccc2C(=O)c2ccc3c(c2)OCCO3)c1C. The number of aromatic amines is 1. The maximum absolute atomic E-state index is 13.2. The van der Waals surface area contributed by atoms with Gasteiger partial charge in [0.05, 0.1) is 12.2 Å². The Kier molecular flexibility index (Phi) is 7.19. The lowest BCUT2D eigenvalue weighted by molar-refractivity contribution is 0.0471. The van der Waals surface area contributed by atoms with Gasteiger partial charge in [-0.1, -0.05) is 18.2 Å². The topological polar surface area (TPSA) is 121 Å². The first kappa shape index (κ1) is 24.7. The molecule has 0 bridgehead atoms. The van der Waals surface area contributed by atoms with Crippen LogP contribution < -0.4 is 9.47 Å². The third kappa shape index (κ3) is 4.86. The minimum atomic E-state index is -0.818. The van der Waals surface area contributed by atoms with Gasteiger partial charge in [0, 0.05) is 22.4 Å². The Hall–Kier alpha value is -4.40. The number of ether oxygens (including phenoxy) is 4. The number of carbonyl (C=O) groups is 4. The largest absolute Gasteiger partial charge is 0.486 e. The van der Waals surface area contributed by atoms with Gasteiger partial charge in [-0.25, -0.2) is 9.59 Å². The lowest BCUT2D eigenvalue weighted by Gasteiger charge is -2.18. The maximum Gasteiger partial charge on any atom is 0.355 e. The third-order valence-corrected chi connectivity index (χ3v) is 5.73. The minimum Gasteiger partial charge on any atom is -0.486 e. The quantitative estimate of drug-likeness (QED) is 0.373. The molecule has 0 spiro atoms. The maximum atomic E-state index is 13.2. The molecule has 4 rings (SSSR count). The van der Waals surface area contributed by atoms with E-state index in [1.807, 2.05) is 0 Å². The van der Waals surface area contributed by atoms with E-state index in [4.69, 9.17) is 18.9 Å². The fraction of sp³-hybridized carbons (Fsp3) is 0.259. The summed E-state index contributed by atoms with van der Waals surface area (Å²) < 4.78 is 21.3. The Balaban J connectivity index is 1.51. The van der Waals surface area contributed by atoms with Crippen LogP contribution in [0, 0.1) is 13.8 Å². The number of carbonyl (C=O) groups excluding carboxylic acids is 4. The predicted molar refractivity (Wildman–Crippen MR) is 128 cm³/mol. The summed E-state index contributed by atoms with van der Waals surface area (Å²) in [5.74, 6) is -1.27. The molecule has 1 aromatic heterocycles. The molecule has 1 aliphatic rings. The zero-order valence-electron chi connectivity index (χ0n) is 20.1. The molecule has 186 valence electrons. The van der Waals surface area contributed by atoms with Crippen LogP contribution in [0.3, 0.4) is 0 Å². The Morgan fingerprint density at radius 3 is 2.31 bits per heavy atom. The van der Waals surface area contributed by atoms with Gasteiger partial charge in [0.15, 0.2) is 23.9 Å². The second-order valence-corrected chi connectivity index (χ2v) is 8.08. The first-order valence-electron chi connectivity index (χ1n) is 11.4. The molecule has 0 unspecified atom stereocenters.